The minimum absolute atomic E-state index is 0.00365. The van der Waals surface area contributed by atoms with Crippen molar-refractivity contribution < 1.29 is 18.4 Å². The summed E-state index contributed by atoms with van der Waals surface area (Å²) in [4.78, 5) is 27.0. The van der Waals surface area contributed by atoms with Crippen LogP contribution in [0.1, 0.15) is 29.9 Å². The molecule has 1 aliphatic heterocycles. The molecule has 4 rings (SSSR count). The number of nitrogens with one attached hydrogen (secondary N) is 1. The number of anilines is 2. The van der Waals surface area contributed by atoms with Crippen LogP contribution in [0.15, 0.2) is 41.1 Å². The van der Waals surface area contributed by atoms with Crippen LogP contribution in [-0.4, -0.2) is 50.6 Å². The van der Waals surface area contributed by atoms with Gasteiger partial charge in [0.05, 0.1) is 25.0 Å². The lowest BCUT2D eigenvalue weighted by molar-refractivity contribution is -0.139. The summed E-state index contributed by atoms with van der Waals surface area (Å²) in [5, 5.41) is 6.77. The molecule has 1 aliphatic rings. The number of ether oxygens (including phenoxy) is 1. The third-order valence-electron chi connectivity index (χ3n) is 4.63. The van der Waals surface area contributed by atoms with E-state index in [4.69, 9.17) is 9.26 Å². The lowest BCUT2D eigenvalue weighted by atomic mass is 10.1. The Kier molecular flexibility index (Phi) is 5.94. The van der Waals surface area contributed by atoms with Crippen LogP contribution < -0.4 is 5.32 Å². The first-order valence-corrected chi connectivity index (χ1v) is 9.61. The summed E-state index contributed by atoms with van der Waals surface area (Å²) in [5.74, 6) is 1.66. The van der Waals surface area contributed by atoms with Gasteiger partial charge in [0.15, 0.2) is 5.82 Å². The minimum atomic E-state index is -0.406. The third kappa shape index (κ3) is 4.95. The summed E-state index contributed by atoms with van der Waals surface area (Å²) in [5.41, 5.74) is 0.701. The zero-order valence-corrected chi connectivity index (χ0v) is 16.4. The molecule has 10 heteroatoms. The maximum Gasteiger partial charge on any atom is 0.227 e. The molecule has 1 saturated heterocycles. The quantitative estimate of drug-likeness (QED) is 0.658. The van der Waals surface area contributed by atoms with Crippen molar-refractivity contribution in [2.24, 2.45) is 0 Å². The molecular formula is C20H21FN6O3. The van der Waals surface area contributed by atoms with E-state index in [-0.39, 0.29) is 12.0 Å². The van der Waals surface area contributed by atoms with E-state index in [1.807, 2.05) is 12.1 Å². The SMILES string of the molecule is Cc1noc(CCC(=O)N2CCOC(c3cccc(Nc4ccc(F)cn4)n3)C2)n1. The predicted octanol–water partition coefficient (Wildman–Crippen LogP) is 2.58. The first-order valence-electron chi connectivity index (χ1n) is 9.61. The van der Waals surface area contributed by atoms with Crippen LogP contribution in [0.3, 0.4) is 0 Å². The standard InChI is InChI=1S/C20H21FN6O3/c1-13-23-19(30-26-13)7-8-20(28)27-9-10-29-16(12-27)15-3-2-4-18(24-15)25-17-6-5-14(21)11-22-17/h2-6,11,16H,7-10,12H2,1H3,(H,22,24,25). The number of aryl methyl sites for hydroxylation is 2. The number of rotatable bonds is 6. The number of morpholine rings is 1. The molecule has 4 heterocycles. The van der Waals surface area contributed by atoms with Crippen molar-refractivity contribution >= 4 is 17.5 Å². The number of aromatic nitrogens is 4. The average molecular weight is 412 g/mol. The lowest BCUT2D eigenvalue weighted by Gasteiger charge is -2.32. The van der Waals surface area contributed by atoms with Crippen molar-refractivity contribution in [2.45, 2.75) is 25.9 Å². The first-order chi connectivity index (χ1) is 14.6. The second kappa shape index (κ2) is 8.95. The number of nitrogens with zero attached hydrogens (tertiary/aromatic N) is 5. The van der Waals surface area contributed by atoms with Crippen molar-refractivity contribution in [3.63, 3.8) is 0 Å². The minimum Gasteiger partial charge on any atom is -0.368 e. The van der Waals surface area contributed by atoms with Gasteiger partial charge in [-0.1, -0.05) is 11.2 Å². The van der Waals surface area contributed by atoms with E-state index in [0.29, 0.717) is 61.6 Å². The summed E-state index contributed by atoms with van der Waals surface area (Å²) in [6.45, 7) is 3.10. The fourth-order valence-electron chi connectivity index (χ4n) is 3.15. The number of hydrogen-bond donors (Lipinski definition) is 1. The third-order valence-corrected chi connectivity index (χ3v) is 4.63. The van der Waals surface area contributed by atoms with Crippen molar-refractivity contribution in [3.05, 3.63) is 59.8 Å². The van der Waals surface area contributed by atoms with Gasteiger partial charge in [0.1, 0.15) is 23.6 Å². The molecule has 0 aliphatic carbocycles. The van der Waals surface area contributed by atoms with Crippen LogP contribution >= 0.6 is 0 Å². The van der Waals surface area contributed by atoms with E-state index >= 15 is 0 Å². The molecule has 30 heavy (non-hydrogen) atoms. The molecule has 0 spiro atoms. The molecule has 1 N–H and O–H groups in total. The molecule has 3 aromatic rings. The highest BCUT2D eigenvalue weighted by Crippen LogP contribution is 2.23. The van der Waals surface area contributed by atoms with E-state index in [2.05, 4.69) is 25.4 Å². The Bertz CT molecular complexity index is 1010. The summed E-state index contributed by atoms with van der Waals surface area (Å²) in [6.07, 6.45) is 1.50. The normalized spacial score (nSPS) is 16.5. The van der Waals surface area contributed by atoms with Gasteiger partial charge < -0.3 is 19.5 Å². The van der Waals surface area contributed by atoms with E-state index < -0.39 is 5.82 Å². The van der Waals surface area contributed by atoms with Gasteiger partial charge >= 0.3 is 0 Å². The van der Waals surface area contributed by atoms with E-state index in [9.17, 15) is 9.18 Å². The Morgan fingerprint density at radius 1 is 1.27 bits per heavy atom. The van der Waals surface area contributed by atoms with Gasteiger partial charge in [-0.3, -0.25) is 4.79 Å². The van der Waals surface area contributed by atoms with E-state index in [0.717, 1.165) is 6.20 Å². The van der Waals surface area contributed by atoms with Crippen LogP contribution in [-0.2, 0) is 16.0 Å². The summed E-state index contributed by atoms with van der Waals surface area (Å²) < 4.78 is 23.9. The van der Waals surface area contributed by atoms with Crippen molar-refractivity contribution in [1.82, 2.24) is 25.0 Å². The number of hydrogen-bond acceptors (Lipinski definition) is 8. The van der Waals surface area contributed by atoms with Gasteiger partial charge in [-0.15, -0.1) is 0 Å². The molecule has 156 valence electrons. The average Bonchev–Trinajstić information content (AvgIpc) is 3.19. The maximum absolute atomic E-state index is 13.0. The highest BCUT2D eigenvalue weighted by molar-refractivity contribution is 5.76. The molecule has 0 radical (unpaired) electrons. The van der Waals surface area contributed by atoms with Crippen LogP contribution in [0.25, 0.3) is 0 Å². The monoisotopic (exact) mass is 412 g/mol. The fraction of sp³-hybridized carbons (Fsp3) is 0.350. The Hall–Kier alpha value is -3.40. The Morgan fingerprint density at radius 3 is 2.93 bits per heavy atom. The fourth-order valence-corrected chi connectivity index (χ4v) is 3.15. The van der Waals surface area contributed by atoms with Crippen molar-refractivity contribution in [1.29, 1.82) is 0 Å². The lowest BCUT2D eigenvalue weighted by Crippen LogP contribution is -2.42. The second-order valence-electron chi connectivity index (χ2n) is 6.87. The summed E-state index contributed by atoms with van der Waals surface area (Å²) in [6, 6.07) is 8.33. The summed E-state index contributed by atoms with van der Waals surface area (Å²) in [7, 11) is 0. The van der Waals surface area contributed by atoms with Gasteiger partial charge in [-0.2, -0.15) is 4.98 Å². The first kappa shape index (κ1) is 19.9. The molecule has 1 atom stereocenters. The molecule has 9 nitrogen and oxygen atoms in total. The topological polar surface area (TPSA) is 106 Å². The molecule has 1 amide bonds. The van der Waals surface area contributed by atoms with Gasteiger partial charge in [0, 0.05) is 19.4 Å². The maximum atomic E-state index is 13.0. The highest BCUT2D eigenvalue weighted by Gasteiger charge is 2.26. The van der Waals surface area contributed by atoms with Crippen molar-refractivity contribution in [2.75, 3.05) is 25.0 Å². The van der Waals surface area contributed by atoms with Crippen molar-refractivity contribution in [3.8, 4) is 0 Å². The van der Waals surface area contributed by atoms with Gasteiger partial charge in [-0.25, -0.2) is 14.4 Å². The molecule has 0 bridgehead atoms. The molecular weight excluding hydrogens is 391 g/mol. The molecule has 1 unspecified atom stereocenters. The Morgan fingerprint density at radius 2 is 2.17 bits per heavy atom. The molecule has 0 saturated carbocycles. The molecule has 3 aromatic heterocycles. The van der Waals surface area contributed by atoms with Gasteiger partial charge in [0.25, 0.3) is 0 Å². The Labute approximate surface area is 172 Å². The summed E-state index contributed by atoms with van der Waals surface area (Å²) >= 11 is 0. The van der Waals surface area contributed by atoms with Gasteiger partial charge in [0.2, 0.25) is 11.8 Å². The van der Waals surface area contributed by atoms with Crippen LogP contribution in [0.4, 0.5) is 16.0 Å². The number of pyridine rings is 2. The number of amides is 1. The zero-order chi connectivity index (χ0) is 20.9. The number of halogens is 1. The van der Waals surface area contributed by atoms with E-state index in [1.165, 1.54) is 12.1 Å². The smallest absolute Gasteiger partial charge is 0.227 e. The number of carbonyl (C=O) groups excluding carboxylic acids is 1. The molecule has 0 aromatic carbocycles. The largest absolute Gasteiger partial charge is 0.368 e. The van der Waals surface area contributed by atoms with Crippen LogP contribution in [0.2, 0.25) is 0 Å². The Balaban J connectivity index is 1.37. The highest BCUT2D eigenvalue weighted by atomic mass is 19.1. The van der Waals surface area contributed by atoms with E-state index in [1.54, 1.807) is 17.9 Å². The van der Waals surface area contributed by atoms with Gasteiger partial charge in [-0.05, 0) is 31.2 Å². The number of carbonyl (C=O) groups is 1. The van der Waals surface area contributed by atoms with Crippen LogP contribution in [0.5, 0.6) is 0 Å². The zero-order valence-electron chi connectivity index (χ0n) is 16.4. The molecule has 1 fully saturated rings. The second-order valence-corrected chi connectivity index (χ2v) is 6.87. The predicted molar refractivity (Wildman–Crippen MR) is 104 cm³/mol. The van der Waals surface area contributed by atoms with Crippen LogP contribution in [0, 0.1) is 12.7 Å².